The van der Waals surface area contributed by atoms with E-state index in [4.69, 9.17) is 0 Å². The molecule has 0 bridgehead atoms. The van der Waals surface area contributed by atoms with Gasteiger partial charge in [-0.2, -0.15) is 5.26 Å². The zero-order chi connectivity index (χ0) is 12.5. The molecule has 3 heteroatoms. The molecule has 0 aromatic heterocycles. The fourth-order valence-corrected chi connectivity index (χ4v) is 2.19. The monoisotopic (exact) mass is 225 g/mol. The van der Waals surface area contributed by atoms with Crippen LogP contribution in [0.4, 0.5) is 0 Å². The number of carboxylic acids is 1. The van der Waals surface area contributed by atoms with Crippen LogP contribution in [-0.2, 0) is 4.79 Å². The number of hydrogen-bond donors (Lipinski definition) is 1. The minimum absolute atomic E-state index is 0.522. The standard InChI is InChI=1S/C14H11NO2/c1-2-12-11-6-4-3-5-10(11)7-8-14(12,9-15)13(16)17/h2-8,12H,1H2,(H,16,17). The first kappa shape index (κ1) is 11.2. The first-order valence-electron chi connectivity index (χ1n) is 5.21. The third-order valence-electron chi connectivity index (χ3n) is 3.12. The van der Waals surface area contributed by atoms with Crippen LogP contribution in [0.2, 0.25) is 0 Å². The van der Waals surface area contributed by atoms with Gasteiger partial charge in [0.1, 0.15) is 0 Å². The topological polar surface area (TPSA) is 61.1 Å². The summed E-state index contributed by atoms with van der Waals surface area (Å²) in [7, 11) is 0. The molecule has 17 heavy (non-hydrogen) atoms. The van der Waals surface area contributed by atoms with Crippen molar-refractivity contribution in [2.45, 2.75) is 5.92 Å². The van der Waals surface area contributed by atoms with Crippen molar-refractivity contribution in [3.8, 4) is 6.07 Å². The molecule has 1 N–H and O–H groups in total. The van der Waals surface area contributed by atoms with Gasteiger partial charge < -0.3 is 5.11 Å². The van der Waals surface area contributed by atoms with Crippen LogP contribution >= 0.6 is 0 Å². The Labute approximate surface area is 99.3 Å². The molecule has 3 nitrogen and oxygen atoms in total. The number of nitrogens with zero attached hydrogens (tertiary/aromatic N) is 1. The van der Waals surface area contributed by atoms with Crippen molar-refractivity contribution in [1.82, 2.24) is 0 Å². The summed E-state index contributed by atoms with van der Waals surface area (Å²) in [5.41, 5.74) is 0.217. The summed E-state index contributed by atoms with van der Waals surface area (Å²) in [4.78, 5) is 11.4. The van der Waals surface area contributed by atoms with E-state index in [1.54, 1.807) is 6.08 Å². The van der Waals surface area contributed by atoms with Gasteiger partial charge in [0, 0.05) is 5.92 Å². The highest BCUT2D eigenvalue weighted by Gasteiger charge is 2.46. The molecule has 2 atom stereocenters. The van der Waals surface area contributed by atoms with Gasteiger partial charge in [-0.25, -0.2) is 0 Å². The van der Waals surface area contributed by atoms with E-state index in [9.17, 15) is 15.2 Å². The highest BCUT2D eigenvalue weighted by molar-refractivity contribution is 5.86. The summed E-state index contributed by atoms with van der Waals surface area (Å²) in [6.45, 7) is 3.66. The molecule has 2 rings (SSSR count). The molecule has 0 spiro atoms. The summed E-state index contributed by atoms with van der Waals surface area (Å²) < 4.78 is 0. The van der Waals surface area contributed by atoms with Gasteiger partial charge in [0.25, 0.3) is 0 Å². The van der Waals surface area contributed by atoms with Gasteiger partial charge in [-0.15, -0.1) is 6.58 Å². The van der Waals surface area contributed by atoms with Gasteiger partial charge in [-0.3, -0.25) is 4.79 Å². The molecule has 0 heterocycles. The average Bonchev–Trinajstić information content (AvgIpc) is 2.36. The van der Waals surface area contributed by atoms with Crippen molar-refractivity contribution >= 4 is 12.0 Å². The Morgan fingerprint density at radius 2 is 2.24 bits per heavy atom. The fourth-order valence-electron chi connectivity index (χ4n) is 2.19. The zero-order valence-electron chi connectivity index (χ0n) is 9.13. The van der Waals surface area contributed by atoms with E-state index in [0.29, 0.717) is 0 Å². The van der Waals surface area contributed by atoms with E-state index < -0.39 is 17.3 Å². The third kappa shape index (κ3) is 1.46. The number of fused-ring (bicyclic) bond motifs is 1. The van der Waals surface area contributed by atoms with Crippen LogP contribution in [0.25, 0.3) is 6.08 Å². The number of allylic oxidation sites excluding steroid dienone is 1. The number of rotatable bonds is 2. The SMILES string of the molecule is C=CC1c2ccccc2C=CC1(C#N)C(=O)O. The molecule has 0 fully saturated rings. The van der Waals surface area contributed by atoms with E-state index in [2.05, 4.69) is 6.58 Å². The Morgan fingerprint density at radius 3 is 2.82 bits per heavy atom. The lowest BCUT2D eigenvalue weighted by Gasteiger charge is -2.31. The quantitative estimate of drug-likeness (QED) is 0.787. The van der Waals surface area contributed by atoms with E-state index >= 15 is 0 Å². The minimum Gasteiger partial charge on any atom is -0.480 e. The van der Waals surface area contributed by atoms with Gasteiger partial charge in [0.15, 0.2) is 5.41 Å². The van der Waals surface area contributed by atoms with E-state index in [-0.39, 0.29) is 0 Å². The number of nitriles is 1. The molecule has 84 valence electrons. The van der Waals surface area contributed by atoms with Gasteiger partial charge in [0.2, 0.25) is 0 Å². The van der Waals surface area contributed by atoms with Crippen molar-refractivity contribution in [2.75, 3.05) is 0 Å². The predicted octanol–water partition coefficient (Wildman–Crippen LogP) is 2.58. The van der Waals surface area contributed by atoms with Crippen LogP contribution in [0.15, 0.2) is 43.0 Å². The smallest absolute Gasteiger partial charge is 0.329 e. The predicted molar refractivity (Wildman–Crippen MR) is 64.1 cm³/mol. The second-order valence-corrected chi connectivity index (χ2v) is 3.96. The lowest BCUT2D eigenvalue weighted by Crippen LogP contribution is -2.35. The Morgan fingerprint density at radius 1 is 1.53 bits per heavy atom. The second-order valence-electron chi connectivity index (χ2n) is 3.96. The van der Waals surface area contributed by atoms with Gasteiger partial charge in [-0.05, 0) is 11.1 Å². The number of aliphatic carboxylic acids is 1. The second kappa shape index (κ2) is 3.91. The summed E-state index contributed by atoms with van der Waals surface area (Å²) in [5.74, 6) is -1.66. The highest BCUT2D eigenvalue weighted by Crippen LogP contribution is 2.43. The molecule has 0 saturated carbocycles. The summed E-state index contributed by atoms with van der Waals surface area (Å²) in [5, 5.41) is 18.5. The van der Waals surface area contributed by atoms with Crippen LogP contribution in [0.1, 0.15) is 17.0 Å². The molecular formula is C14H11NO2. The van der Waals surface area contributed by atoms with Crippen molar-refractivity contribution in [3.63, 3.8) is 0 Å². The minimum atomic E-state index is -1.55. The van der Waals surface area contributed by atoms with Crippen molar-refractivity contribution in [3.05, 3.63) is 54.1 Å². The fraction of sp³-hybridized carbons (Fsp3) is 0.143. The maximum atomic E-state index is 11.4. The maximum Gasteiger partial charge on any atom is 0.329 e. The van der Waals surface area contributed by atoms with Crippen LogP contribution in [0, 0.1) is 16.7 Å². The van der Waals surface area contributed by atoms with E-state index in [1.165, 1.54) is 12.2 Å². The summed E-state index contributed by atoms with van der Waals surface area (Å²) in [6.07, 6.45) is 4.66. The van der Waals surface area contributed by atoms with Crippen LogP contribution in [0.5, 0.6) is 0 Å². The summed E-state index contributed by atoms with van der Waals surface area (Å²) >= 11 is 0. The van der Waals surface area contributed by atoms with E-state index in [0.717, 1.165) is 11.1 Å². The first-order chi connectivity index (χ1) is 8.15. The highest BCUT2D eigenvalue weighted by atomic mass is 16.4. The van der Waals surface area contributed by atoms with Crippen molar-refractivity contribution in [1.29, 1.82) is 5.26 Å². The lowest BCUT2D eigenvalue weighted by molar-refractivity contribution is -0.143. The Bertz CT molecular complexity index is 554. The number of carbonyl (C=O) groups is 1. The lowest BCUT2D eigenvalue weighted by atomic mass is 9.68. The first-order valence-corrected chi connectivity index (χ1v) is 5.21. The van der Waals surface area contributed by atoms with Gasteiger partial charge in [0.05, 0.1) is 6.07 Å². The van der Waals surface area contributed by atoms with Crippen molar-refractivity contribution < 1.29 is 9.90 Å². The Balaban J connectivity index is 2.68. The third-order valence-corrected chi connectivity index (χ3v) is 3.12. The average molecular weight is 225 g/mol. The largest absolute Gasteiger partial charge is 0.480 e. The van der Waals surface area contributed by atoms with Gasteiger partial charge in [-0.1, -0.05) is 42.5 Å². The molecule has 0 amide bonds. The zero-order valence-corrected chi connectivity index (χ0v) is 9.13. The molecule has 2 unspecified atom stereocenters. The van der Waals surface area contributed by atoms with Gasteiger partial charge >= 0.3 is 5.97 Å². The number of hydrogen-bond acceptors (Lipinski definition) is 2. The number of carboxylic acid groups (broad SMARTS) is 1. The Hall–Kier alpha value is -2.34. The molecule has 1 aliphatic carbocycles. The molecular weight excluding hydrogens is 214 g/mol. The number of benzene rings is 1. The van der Waals surface area contributed by atoms with Crippen LogP contribution in [-0.4, -0.2) is 11.1 Å². The summed E-state index contributed by atoms with van der Waals surface area (Å²) in [6, 6.07) is 9.34. The molecule has 1 aromatic rings. The molecule has 0 aliphatic heterocycles. The van der Waals surface area contributed by atoms with Crippen LogP contribution < -0.4 is 0 Å². The molecule has 0 saturated heterocycles. The normalized spacial score (nSPS) is 25.7. The van der Waals surface area contributed by atoms with E-state index in [1.807, 2.05) is 30.3 Å². The Kier molecular flexibility index (Phi) is 2.57. The molecule has 1 aliphatic rings. The molecule has 1 aromatic carbocycles. The van der Waals surface area contributed by atoms with Crippen molar-refractivity contribution in [2.24, 2.45) is 5.41 Å². The molecule has 0 radical (unpaired) electrons. The van der Waals surface area contributed by atoms with Crippen LogP contribution in [0.3, 0.4) is 0 Å². The maximum absolute atomic E-state index is 11.4.